The van der Waals surface area contributed by atoms with Gasteiger partial charge in [-0.25, -0.2) is 9.78 Å². The number of ether oxygens (including phenoxy) is 1. The maximum absolute atomic E-state index is 12.5. The smallest absolute Gasteiger partial charge is 0.340 e. The number of hydrogen-bond acceptors (Lipinski definition) is 3. The van der Waals surface area contributed by atoms with Crippen molar-refractivity contribution in [2.45, 2.75) is 13.5 Å². The van der Waals surface area contributed by atoms with E-state index in [4.69, 9.17) is 16.3 Å². The number of aromatic nitrogens is 2. The minimum Gasteiger partial charge on any atom is -0.465 e. The molecule has 0 unspecified atom stereocenters. The Morgan fingerprint density at radius 2 is 1.93 bits per heavy atom. The Bertz CT molecular complexity index is 1180. The number of carbonyl (C=O) groups is 1. The zero-order valence-electron chi connectivity index (χ0n) is 14.8. The zero-order valence-corrected chi connectivity index (χ0v) is 17.1. The highest BCUT2D eigenvalue weighted by atomic mass is 79.9. The fourth-order valence-electron chi connectivity index (χ4n) is 3.32. The van der Waals surface area contributed by atoms with E-state index in [0.717, 1.165) is 27.5 Å². The van der Waals surface area contributed by atoms with Crippen molar-refractivity contribution in [3.05, 3.63) is 74.8 Å². The molecule has 0 saturated carbocycles. The van der Waals surface area contributed by atoms with Gasteiger partial charge in [0.15, 0.2) is 0 Å². The van der Waals surface area contributed by atoms with E-state index in [-0.39, 0.29) is 0 Å². The monoisotopic (exact) mass is 442 g/mol. The predicted molar refractivity (Wildman–Crippen MR) is 112 cm³/mol. The number of nitrogens with zero attached hydrogens (tertiary/aromatic N) is 2. The molecule has 0 amide bonds. The van der Waals surface area contributed by atoms with Crippen molar-refractivity contribution >= 4 is 55.4 Å². The van der Waals surface area contributed by atoms with Crippen LogP contribution in [-0.2, 0) is 11.3 Å². The van der Waals surface area contributed by atoms with Gasteiger partial charge in [0, 0.05) is 17.0 Å². The van der Waals surface area contributed by atoms with Gasteiger partial charge < -0.3 is 9.30 Å². The Morgan fingerprint density at radius 1 is 1.19 bits per heavy atom. The van der Waals surface area contributed by atoms with Gasteiger partial charge in [0.2, 0.25) is 0 Å². The molecule has 2 aromatic carbocycles. The summed E-state index contributed by atoms with van der Waals surface area (Å²) in [4.78, 5) is 17.1. The lowest BCUT2D eigenvalue weighted by atomic mass is 10.1. The van der Waals surface area contributed by atoms with Crippen molar-refractivity contribution in [2.24, 2.45) is 0 Å². The summed E-state index contributed by atoms with van der Waals surface area (Å²) in [5.41, 5.74) is 5.19. The maximum atomic E-state index is 12.5. The quantitative estimate of drug-likeness (QED) is 0.299. The fourth-order valence-corrected chi connectivity index (χ4v) is 3.90. The number of esters is 1. The van der Waals surface area contributed by atoms with Crippen molar-refractivity contribution in [1.82, 2.24) is 9.55 Å². The standard InChI is InChI=1S/C21H16BrClN2O2/c1-12-3-5-13(6-4-12)11-25-17-9-14(23)7-8-15(17)19-20(25)16(21(26)27-2)10-18(22)24-19/h3-10H,11H2,1-2H3. The predicted octanol–water partition coefficient (Wildman–Crippen LogP) is 5.75. The molecule has 4 nitrogen and oxygen atoms in total. The fraction of sp³-hybridized carbons (Fsp3) is 0.143. The van der Waals surface area contributed by atoms with Gasteiger partial charge in [-0.2, -0.15) is 0 Å². The van der Waals surface area contributed by atoms with Crippen LogP contribution in [0.4, 0.5) is 0 Å². The molecule has 4 aromatic rings. The van der Waals surface area contributed by atoms with Gasteiger partial charge in [0.1, 0.15) is 4.60 Å². The molecular formula is C21H16BrClN2O2. The topological polar surface area (TPSA) is 44.1 Å². The van der Waals surface area contributed by atoms with Gasteiger partial charge in [-0.05, 0) is 52.7 Å². The Balaban J connectivity index is 2.07. The van der Waals surface area contributed by atoms with E-state index in [1.165, 1.54) is 12.7 Å². The van der Waals surface area contributed by atoms with Crippen LogP contribution in [0.2, 0.25) is 5.02 Å². The van der Waals surface area contributed by atoms with Crippen LogP contribution in [0.5, 0.6) is 0 Å². The van der Waals surface area contributed by atoms with Crippen LogP contribution in [0.25, 0.3) is 21.9 Å². The number of hydrogen-bond donors (Lipinski definition) is 0. The summed E-state index contributed by atoms with van der Waals surface area (Å²) >= 11 is 9.68. The Kier molecular flexibility index (Phi) is 4.66. The molecule has 0 aliphatic heterocycles. The average molecular weight is 444 g/mol. The molecule has 0 aliphatic rings. The van der Waals surface area contributed by atoms with E-state index in [1.54, 1.807) is 6.07 Å². The van der Waals surface area contributed by atoms with Crippen molar-refractivity contribution < 1.29 is 9.53 Å². The summed E-state index contributed by atoms with van der Waals surface area (Å²) in [5, 5.41) is 1.57. The number of rotatable bonds is 3. The van der Waals surface area contributed by atoms with Crippen LogP contribution in [0.15, 0.2) is 53.1 Å². The number of halogens is 2. The minimum atomic E-state index is -0.401. The lowest BCUT2D eigenvalue weighted by Gasteiger charge is -2.11. The lowest BCUT2D eigenvalue weighted by Crippen LogP contribution is -2.07. The molecule has 4 rings (SSSR count). The summed E-state index contributed by atoms with van der Waals surface area (Å²) < 4.78 is 7.67. The first kappa shape index (κ1) is 18.0. The maximum Gasteiger partial charge on any atom is 0.340 e. The van der Waals surface area contributed by atoms with Crippen molar-refractivity contribution in [2.75, 3.05) is 7.11 Å². The molecule has 0 bridgehead atoms. The van der Waals surface area contributed by atoms with Crippen LogP contribution in [-0.4, -0.2) is 22.6 Å². The summed E-state index contributed by atoms with van der Waals surface area (Å²) in [6, 6.07) is 15.7. The SMILES string of the molecule is COC(=O)c1cc(Br)nc2c3ccc(Cl)cc3n(Cc3ccc(C)cc3)c12. The molecule has 0 fully saturated rings. The normalized spacial score (nSPS) is 11.3. The molecular weight excluding hydrogens is 428 g/mol. The average Bonchev–Trinajstić information content (AvgIpc) is 2.95. The van der Waals surface area contributed by atoms with E-state index in [9.17, 15) is 4.79 Å². The van der Waals surface area contributed by atoms with Crippen LogP contribution < -0.4 is 0 Å². The van der Waals surface area contributed by atoms with E-state index in [1.807, 2.05) is 18.2 Å². The molecule has 6 heteroatoms. The van der Waals surface area contributed by atoms with Crippen LogP contribution >= 0.6 is 27.5 Å². The van der Waals surface area contributed by atoms with Gasteiger partial charge >= 0.3 is 5.97 Å². The molecule has 0 saturated heterocycles. The zero-order chi connectivity index (χ0) is 19.1. The Hall–Kier alpha value is -2.37. The first-order valence-electron chi connectivity index (χ1n) is 8.40. The second-order valence-corrected chi connectivity index (χ2v) is 7.66. The largest absolute Gasteiger partial charge is 0.465 e. The molecule has 0 N–H and O–H groups in total. The van der Waals surface area contributed by atoms with Gasteiger partial charge in [0.25, 0.3) is 0 Å². The number of carbonyl (C=O) groups excluding carboxylic acids is 1. The van der Waals surface area contributed by atoms with Gasteiger partial charge in [-0.15, -0.1) is 0 Å². The Labute approximate surface area is 169 Å². The van der Waals surface area contributed by atoms with Crippen molar-refractivity contribution in [3.8, 4) is 0 Å². The first-order valence-corrected chi connectivity index (χ1v) is 9.57. The van der Waals surface area contributed by atoms with Crippen LogP contribution in [0.1, 0.15) is 21.5 Å². The number of fused-ring (bicyclic) bond motifs is 3. The highest BCUT2D eigenvalue weighted by Crippen LogP contribution is 2.34. The Morgan fingerprint density at radius 3 is 2.63 bits per heavy atom. The van der Waals surface area contributed by atoms with Crippen molar-refractivity contribution in [1.29, 1.82) is 0 Å². The molecule has 0 aliphatic carbocycles. The first-order chi connectivity index (χ1) is 13.0. The molecule has 27 heavy (non-hydrogen) atoms. The number of methoxy groups -OCH3 is 1. The number of pyridine rings is 1. The summed E-state index contributed by atoms with van der Waals surface area (Å²) in [6.45, 7) is 2.65. The van der Waals surface area contributed by atoms with E-state index < -0.39 is 5.97 Å². The number of aryl methyl sites for hydroxylation is 1. The van der Waals surface area contributed by atoms with Gasteiger partial charge in [-0.1, -0.05) is 41.4 Å². The minimum absolute atomic E-state index is 0.401. The summed E-state index contributed by atoms with van der Waals surface area (Å²) in [6.07, 6.45) is 0. The van der Waals surface area contributed by atoms with E-state index in [0.29, 0.717) is 21.7 Å². The summed E-state index contributed by atoms with van der Waals surface area (Å²) in [7, 11) is 1.38. The third-order valence-corrected chi connectivity index (χ3v) is 5.25. The third kappa shape index (κ3) is 3.22. The summed E-state index contributed by atoms with van der Waals surface area (Å²) in [5.74, 6) is -0.401. The van der Waals surface area contributed by atoms with Crippen LogP contribution in [0, 0.1) is 6.92 Å². The molecule has 0 atom stereocenters. The van der Waals surface area contributed by atoms with Crippen LogP contribution in [0.3, 0.4) is 0 Å². The highest BCUT2D eigenvalue weighted by Gasteiger charge is 2.21. The molecule has 0 spiro atoms. The second-order valence-electron chi connectivity index (χ2n) is 6.41. The molecule has 136 valence electrons. The highest BCUT2D eigenvalue weighted by molar-refractivity contribution is 9.10. The lowest BCUT2D eigenvalue weighted by molar-refractivity contribution is 0.0602. The molecule has 0 radical (unpaired) electrons. The van der Waals surface area contributed by atoms with Gasteiger partial charge in [0.05, 0.1) is 29.2 Å². The third-order valence-electron chi connectivity index (χ3n) is 4.60. The van der Waals surface area contributed by atoms with Gasteiger partial charge in [-0.3, -0.25) is 0 Å². The van der Waals surface area contributed by atoms with E-state index in [2.05, 4.69) is 56.7 Å². The van der Waals surface area contributed by atoms with Crippen molar-refractivity contribution in [3.63, 3.8) is 0 Å². The molecule has 2 heterocycles. The molecule has 2 aromatic heterocycles. The second kappa shape index (κ2) is 6.98. The van der Waals surface area contributed by atoms with E-state index >= 15 is 0 Å². The number of benzene rings is 2.